The van der Waals surface area contributed by atoms with Crippen LogP contribution in [0.4, 0.5) is 5.69 Å². The molecule has 1 aromatic rings. The van der Waals surface area contributed by atoms with Gasteiger partial charge in [0.1, 0.15) is 0 Å². The number of carboxylic acids is 1. The van der Waals surface area contributed by atoms with Crippen LogP contribution < -0.4 is 0 Å². The van der Waals surface area contributed by atoms with Crippen LogP contribution in [0.5, 0.6) is 0 Å². The van der Waals surface area contributed by atoms with Crippen molar-refractivity contribution < 1.29 is 14.8 Å². The zero-order valence-corrected chi connectivity index (χ0v) is 9.94. The van der Waals surface area contributed by atoms with Crippen LogP contribution in [0.15, 0.2) is 24.3 Å². The second kappa shape index (κ2) is 5.50. The third-order valence-electron chi connectivity index (χ3n) is 1.73. The van der Waals surface area contributed by atoms with Gasteiger partial charge in [-0.1, -0.05) is 0 Å². The van der Waals surface area contributed by atoms with Crippen LogP contribution in [0.1, 0.15) is 5.56 Å². The van der Waals surface area contributed by atoms with E-state index >= 15 is 0 Å². The number of hydrogen-bond donors (Lipinski definition) is 1. The van der Waals surface area contributed by atoms with E-state index in [9.17, 15) is 14.9 Å². The summed E-state index contributed by atoms with van der Waals surface area (Å²) in [5.74, 6) is -0.791. The second-order valence-electron chi connectivity index (χ2n) is 2.92. The molecule has 0 bridgehead atoms. The standard InChI is InChI=1S/C9H9GeNO4/c12-9(13)6-10-5-7-2-1-3-8(4-7)11(14)15/h1-4H,5-6H2,(H,12,13). The van der Waals surface area contributed by atoms with Crippen molar-refractivity contribution in [1.29, 1.82) is 0 Å². The first kappa shape index (κ1) is 11.7. The molecule has 1 rings (SSSR count). The van der Waals surface area contributed by atoms with Gasteiger partial charge in [0, 0.05) is 0 Å². The molecule has 0 aromatic heterocycles. The molecule has 0 aliphatic carbocycles. The van der Waals surface area contributed by atoms with Gasteiger partial charge < -0.3 is 0 Å². The van der Waals surface area contributed by atoms with Crippen molar-refractivity contribution in [3.8, 4) is 0 Å². The number of aliphatic carboxylic acids is 1. The molecular weight excluding hydrogens is 259 g/mol. The van der Waals surface area contributed by atoms with Crippen LogP contribution in [0, 0.1) is 10.1 Å². The van der Waals surface area contributed by atoms with E-state index in [1.165, 1.54) is 12.1 Å². The van der Waals surface area contributed by atoms with E-state index in [1.54, 1.807) is 12.1 Å². The Balaban J connectivity index is 2.58. The molecule has 0 spiro atoms. The van der Waals surface area contributed by atoms with Gasteiger partial charge in [0.25, 0.3) is 0 Å². The van der Waals surface area contributed by atoms with E-state index in [-0.39, 0.29) is 10.9 Å². The topological polar surface area (TPSA) is 80.4 Å². The summed E-state index contributed by atoms with van der Waals surface area (Å²) in [6.07, 6.45) is 0. The van der Waals surface area contributed by atoms with Crippen LogP contribution in [0.25, 0.3) is 0 Å². The number of nitrogens with zero attached hydrogens (tertiary/aromatic N) is 1. The molecule has 1 N–H and O–H groups in total. The number of non-ortho nitro benzene ring substituents is 1. The summed E-state index contributed by atoms with van der Waals surface area (Å²) in [5.41, 5.74) is 0.917. The fraction of sp³-hybridized carbons (Fsp3) is 0.222. The third-order valence-corrected chi connectivity index (χ3v) is 4.27. The van der Waals surface area contributed by atoms with Crippen molar-refractivity contribution in [3.63, 3.8) is 0 Å². The molecule has 0 fully saturated rings. The van der Waals surface area contributed by atoms with Gasteiger partial charge in [0.05, 0.1) is 0 Å². The predicted molar refractivity (Wildman–Crippen MR) is 55.0 cm³/mol. The number of rotatable bonds is 5. The third kappa shape index (κ3) is 4.11. The summed E-state index contributed by atoms with van der Waals surface area (Å²) in [6.45, 7) is 0. The first-order valence-electron chi connectivity index (χ1n) is 4.25. The van der Waals surface area contributed by atoms with Crippen LogP contribution in [-0.4, -0.2) is 31.4 Å². The molecule has 0 saturated heterocycles. The Morgan fingerprint density at radius 1 is 1.53 bits per heavy atom. The minimum atomic E-state index is -0.791. The molecule has 0 heterocycles. The maximum absolute atomic E-state index is 10.5. The first-order chi connectivity index (χ1) is 7.09. The van der Waals surface area contributed by atoms with Crippen LogP contribution in [-0.2, 0) is 10.0 Å². The summed E-state index contributed by atoms with van der Waals surface area (Å²) < 4.78 is 0. The molecule has 6 heteroatoms. The molecular formula is C9H9GeNO4. The number of nitro benzene ring substituents is 1. The van der Waals surface area contributed by atoms with Gasteiger partial charge >= 0.3 is 92.4 Å². The number of benzene rings is 1. The van der Waals surface area contributed by atoms with E-state index in [0.717, 1.165) is 5.56 Å². The average molecular weight is 268 g/mol. The van der Waals surface area contributed by atoms with Gasteiger partial charge in [-0.05, 0) is 0 Å². The molecule has 2 radical (unpaired) electrons. The Bertz CT molecular complexity index is 380. The van der Waals surface area contributed by atoms with E-state index in [1.807, 2.05) is 0 Å². The Labute approximate surface area is 92.7 Å². The fourth-order valence-corrected chi connectivity index (χ4v) is 2.87. The summed E-state index contributed by atoms with van der Waals surface area (Å²) in [5, 5.41) is 19.8. The van der Waals surface area contributed by atoms with E-state index in [0.29, 0.717) is 5.25 Å². The van der Waals surface area contributed by atoms with Crippen molar-refractivity contribution in [2.24, 2.45) is 0 Å². The fourth-order valence-electron chi connectivity index (χ4n) is 1.09. The van der Waals surface area contributed by atoms with Gasteiger partial charge in [0.2, 0.25) is 0 Å². The molecule has 0 atom stereocenters. The molecule has 0 aliphatic rings. The maximum atomic E-state index is 10.5. The van der Waals surface area contributed by atoms with Gasteiger partial charge in [-0.2, -0.15) is 0 Å². The predicted octanol–water partition coefficient (Wildman–Crippen LogP) is 1.30. The average Bonchev–Trinajstić information content (AvgIpc) is 2.17. The van der Waals surface area contributed by atoms with Crippen molar-refractivity contribution in [1.82, 2.24) is 0 Å². The SMILES string of the molecule is O=C(O)[CH2][Ge][CH2]c1cccc([N+](=O)[O-])c1. The zero-order valence-electron chi connectivity index (χ0n) is 7.84. The van der Waals surface area contributed by atoms with E-state index in [2.05, 4.69) is 0 Å². The van der Waals surface area contributed by atoms with Gasteiger partial charge in [-0.3, -0.25) is 0 Å². The van der Waals surface area contributed by atoms with Crippen molar-refractivity contribution >= 4 is 27.1 Å². The summed E-state index contributed by atoms with van der Waals surface area (Å²) in [4.78, 5) is 20.3. The zero-order chi connectivity index (χ0) is 11.3. The molecule has 0 saturated carbocycles. The summed E-state index contributed by atoms with van der Waals surface area (Å²) in [7, 11) is 0. The van der Waals surface area contributed by atoms with Crippen molar-refractivity contribution in [2.45, 2.75) is 10.5 Å². The van der Waals surface area contributed by atoms with E-state index in [4.69, 9.17) is 5.11 Å². The van der Waals surface area contributed by atoms with Gasteiger partial charge in [-0.15, -0.1) is 0 Å². The summed E-state index contributed by atoms with van der Waals surface area (Å²) in [6, 6.07) is 6.35. The number of carbonyl (C=O) groups is 1. The first-order valence-corrected chi connectivity index (χ1v) is 7.22. The second-order valence-corrected chi connectivity index (χ2v) is 5.46. The Morgan fingerprint density at radius 2 is 2.27 bits per heavy atom. The van der Waals surface area contributed by atoms with Crippen molar-refractivity contribution in [2.75, 3.05) is 0 Å². The quantitative estimate of drug-likeness (QED) is 0.495. The number of nitro groups is 1. The Morgan fingerprint density at radius 3 is 2.87 bits per heavy atom. The molecule has 0 aliphatic heterocycles. The van der Waals surface area contributed by atoms with E-state index < -0.39 is 26.3 Å². The molecule has 15 heavy (non-hydrogen) atoms. The van der Waals surface area contributed by atoms with Crippen molar-refractivity contribution in [3.05, 3.63) is 39.9 Å². The Hall–Kier alpha value is -1.37. The van der Waals surface area contributed by atoms with Gasteiger partial charge in [0.15, 0.2) is 0 Å². The Kier molecular flexibility index (Phi) is 4.29. The molecule has 0 amide bonds. The summed E-state index contributed by atoms with van der Waals surface area (Å²) >= 11 is -0.578. The molecule has 5 nitrogen and oxygen atoms in total. The van der Waals surface area contributed by atoms with Crippen LogP contribution in [0.3, 0.4) is 0 Å². The van der Waals surface area contributed by atoms with Crippen LogP contribution in [0.2, 0.25) is 5.25 Å². The monoisotopic (exact) mass is 269 g/mol. The molecule has 78 valence electrons. The van der Waals surface area contributed by atoms with Gasteiger partial charge in [-0.25, -0.2) is 0 Å². The van der Waals surface area contributed by atoms with Crippen LogP contribution >= 0.6 is 0 Å². The normalized spacial score (nSPS) is 9.87. The molecule has 0 unspecified atom stereocenters. The number of hydrogen-bond acceptors (Lipinski definition) is 3. The molecule has 1 aromatic carbocycles. The minimum absolute atomic E-state index is 0.0643. The number of carboxylic acid groups (broad SMARTS) is 1.